The van der Waals surface area contributed by atoms with Gasteiger partial charge in [-0.25, -0.2) is 0 Å². The fourth-order valence-corrected chi connectivity index (χ4v) is 2.68. The molecule has 3 heteroatoms. The van der Waals surface area contributed by atoms with Gasteiger partial charge in [0, 0.05) is 0 Å². The van der Waals surface area contributed by atoms with Gasteiger partial charge in [0.15, 0.2) is 0 Å². The number of ether oxygens (including phenoxy) is 2. The van der Waals surface area contributed by atoms with Crippen LogP contribution in [0.4, 0.5) is 0 Å². The minimum absolute atomic E-state index is 0.0597. The van der Waals surface area contributed by atoms with E-state index in [0.29, 0.717) is 12.0 Å². The lowest BCUT2D eigenvalue weighted by atomic mass is 9.89. The molecule has 0 amide bonds. The van der Waals surface area contributed by atoms with Crippen LogP contribution >= 0.6 is 0 Å². The molecule has 0 N–H and O–H groups in total. The van der Waals surface area contributed by atoms with E-state index < -0.39 is 5.60 Å². The summed E-state index contributed by atoms with van der Waals surface area (Å²) in [6, 6.07) is 0. The van der Waals surface area contributed by atoms with Gasteiger partial charge < -0.3 is 9.47 Å². The van der Waals surface area contributed by atoms with Crippen molar-refractivity contribution in [1.82, 2.24) is 0 Å². The largest absolute Gasteiger partial charge is 0.462 e. The summed E-state index contributed by atoms with van der Waals surface area (Å²) in [5.41, 5.74) is 1.30. The maximum absolute atomic E-state index is 11.6. The topological polar surface area (TPSA) is 35.5 Å². The van der Waals surface area contributed by atoms with E-state index in [1.54, 1.807) is 0 Å². The van der Waals surface area contributed by atoms with Crippen molar-refractivity contribution in [2.75, 3.05) is 6.61 Å². The number of esters is 1. The Labute approximate surface area is 122 Å². The van der Waals surface area contributed by atoms with Gasteiger partial charge in [0.1, 0.15) is 6.61 Å². The molecule has 0 spiro atoms. The van der Waals surface area contributed by atoms with Crippen LogP contribution in [0.3, 0.4) is 0 Å². The standard InChI is InChI=1S/C17H28O3/c1-12(14-8-9-16(2,3)10-14)20-17(4,5)11-19-15(18)13-6-7-13/h8,12-13H,6-7,9-11H2,1-5H3. The molecule has 0 aromatic carbocycles. The van der Waals surface area contributed by atoms with Crippen LogP contribution in [0.25, 0.3) is 0 Å². The third-order valence-corrected chi connectivity index (χ3v) is 4.09. The monoisotopic (exact) mass is 280 g/mol. The maximum atomic E-state index is 11.6. The molecule has 0 aliphatic heterocycles. The van der Waals surface area contributed by atoms with Crippen LogP contribution in [0.15, 0.2) is 11.6 Å². The average molecular weight is 280 g/mol. The highest BCUT2D eigenvalue weighted by Gasteiger charge is 2.34. The Morgan fingerprint density at radius 1 is 1.45 bits per heavy atom. The second kappa shape index (κ2) is 5.51. The van der Waals surface area contributed by atoms with Crippen molar-refractivity contribution in [3.8, 4) is 0 Å². The third-order valence-electron chi connectivity index (χ3n) is 4.09. The first-order chi connectivity index (χ1) is 9.19. The van der Waals surface area contributed by atoms with Crippen LogP contribution in [0.1, 0.15) is 60.3 Å². The fourth-order valence-electron chi connectivity index (χ4n) is 2.68. The van der Waals surface area contributed by atoms with Gasteiger partial charge >= 0.3 is 5.97 Å². The van der Waals surface area contributed by atoms with Crippen LogP contribution in [0, 0.1) is 11.3 Å². The molecule has 0 aromatic rings. The van der Waals surface area contributed by atoms with Crippen molar-refractivity contribution in [3.63, 3.8) is 0 Å². The number of hydrogen-bond donors (Lipinski definition) is 0. The molecule has 0 saturated heterocycles. The Morgan fingerprint density at radius 2 is 2.10 bits per heavy atom. The van der Waals surface area contributed by atoms with E-state index in [2.05, 4.69) is 26.8 Å². The fraction of sp³-hybridized carbons (Fsp3) is 0.824. The zero-order valence-electron chi connectivity index (χ0n) is 13.5. The van der Waals surface area contributed by atoms with Crippen LogP contribution < -0.4 is 0 Å². The van der Waals surface area contributed by atoms with Gasteiger partial charge in [0.2, 0.25) is 0 Å². The average Bonchev–Trinajstić information content (AvgIpc) is 3.10. The van der Waals surface area contributed by atoms with Crippen molar-refractivity contribution in [1.29, 1.82) is 0 Å². The van der Waals surface area contributed by atoms with Crippen molar-refractivity contribution >= 4 is 5.97 Å². The molecule has 2 aliphatic carbocycles. The lowest BCUT2D eigenvalue weighted by Gasteiger charge is -2.30. The molecule has 1 saturated carbocycles. The molecule has 2 rings (SSSR count). The molecule has 0 aromatic heterocycles. The van der Waals surface area contributed by atoms with Gasteiger partial charge in [0.05, 0.1) is 17.6 Å². The quantitative estimate of drug-likeness (QED) is 0.547. The van der Waals surface area contributed by atoms with E-state index in [-0.39, 0.29) is 18.0 Å². The second-order valence-electron chi connectivity index (χ2n) is 7.73. The highest BCUT2D eigenvalue weighted by atomic mass is 16.6. The van der Waals surface area contributed by atoms with Crippen molar-refractivity contribution in [2.45, 2.75) is 72.0 Å². The molecule has 3 nitrogen and oxygen atoms in total. The lowest BCUT2D eigenvalue weighted by molar-refractivity contribution is -0.157. The van der Waals surface area contributed by atoms with Crippen LogP contribution in [-0.4, -0.2) is 24.3 Å². The Bertz CT molecular complexity index is 402. The van der Waals surface area contributed by atoms with E-state index in [1.807, 2.05) is 13.8 Å². The molecule has 1 unspecified atom stereocenters. The lowest BCUT2D eigenvalue weighted by Crippen LogP contribution is -2.36. The second-order valence-corrected chi connectivity index (χ2v) is 7.73. The predicted molar refractivity (Wildman–Crippen MR) is 79.4 cm³/mol. The molecule has 1 fully saturated rings. The molecule has 0 bridgehead atoms. The van der Waals surface area contributed by atoms with Crippen molar-refractivity contribution < 1.29 is 14.3 Å². The predicted octanol–water partition coefficient (Wildman–Crippen LogP) is 3.87. The van der Waals surface area contributed by atoms with Gasteiger partial charge in [-0.1, -0.05) is 19.9 Å². The van der Waals surface area contributed by atoms with E-state index in [1.165, 1.54) is 5.57 Å². The van der Waals surface area contributed by atoms with E-state index in [4.69, 9.17) is 9.47 Å². The number of allylic oxidation sites excluding steroid dienone is 1. The Balaban J connectivity index is 1.79. The summed E-state index contributed by atoms with van der Waals surface area (Å²) in [6.07, 6.45) is 6.57. The first-order valence-corrected chi connectivity index (χ1v) is 7.72. The van der Waals surface area contributed by atoms with Crippen LogP contribution in [0.5, 0.6) is 0 Å². The minimum Gasteiger partial charge on any atom is -0.462 e. The van der Waals surface area contributed by atoms with Crippen LogP contribution in [-0.2, 0) is 14.3 Å². The first kappa shape index (κ1) is 15.6. The highest BCUT2D eigenvalue weighted by molar-refractivity contribution is 5.74. The third kappa shape index (κ3) is 4.34. The molecule has 1 atom stereocenters. The summed E-state index contributed by atoms with van der Waals surface area (Å²) in [6.45, 7) is 11.0. The van der Waals surface area contributed by atoms with E-state index in [0.717, 1.165) is 25.7 Å². The van der Waals surface area contributed by atoms with Gasteiger partial charge in [-0.3, -0.25) is 4.79 Å². The number of rotatable bonds is 6. The number of hydrogen-bond acceptors (Lipinski definition) is 3. The Kier molecular flexibility index (Phi) is 4.29. The summed E-state index contributed by atoms with van der Waals surface area (Å²) in [5, 5.41) is 0. The van der Waals surface area contributed by atoms with Gasteiger partial charge in [-0.05, 0) is 57.4 Å². The van der Waals surface area contributed by atoms with Gasteiger partial charge in [-0.2, -0.15) is 0 Å². The van der Waals surface area contributed by atoms with Gasteiger partial charge in [-0.15, -0.1) is 0 Å². The molecular formula is C17H28O3. The zero-order chi connectivity index (χ0) is 15.0. The molecule has 114 valence electrons. The molecular weight excluding hydrogens is 252 g/mol. The molecule has 20 heavy (non-hydrogen) atoms. The van der Waals surface area contributed by atoms with E-state index in [9.17, 15) is 4.79 Å². The summed E-state index contributed by atoms with van der Waals surface area (Å²) < 4.78 is 11.5. The SMILES string of the molecule is CC(OC(C)(C)COC(=O)C1CC1)C1=CCC(C)(C)C1. The van der Waals surface area contributed by atoms with Crippen molar-refractivity contribution in [3.05, 3.63) is 11.6 Å². The smallest absolute Gasteiger partial charge is 0.309 e. The van der Waals surface area contributed by atoms with E-state index >= 15 is 0 Å². The zero-order valence-corrected chi connectivity index (χ0v) is 13.5. The summed E-state index contributed by atoms with van der Waals surface area (Å²) >= 11 is 0. The highest BCUT2D eigenvalue weighted by Crippen LogP contribution is 2.39. The molecule has 0 radical (unpaired) electrons. The molecule has 2 aliphatic rings. The number of carbonyl (C=O) groups is 1. The first-order valence-electron chi connectivity index (χ1n) is 7.72. The number of carbonyl (C=O) groups excluding carboxylic acids is 1. The van der Waals surface area contributed by atoms with Crippen LogP contribution in [0.2, 0.25) is 0 Å². The van der Waals surface area contributed by atoms with Crippen molar-refractivity contribution in [2.24, 2.45) is 11.3 Å². The molecule has 0 heterocycles. The minimum atomic E-state index is -0.433. The normalized spacial score (nSPS) is 23.4. The summed E-state index contributed by atoms with van der Waals surface area (Å²) in [4.78, 5) is 11.6. The summed E-state index contributed by atoms with van der Waals surface area (Å²) in [7, 11) is 0. The summed E-state index contributed by atoms with van der Waals surface area (Å²) in [5.74, 6) is 0.0945. The Morgan fingerprint density at radius 3 is 2.60 bits per heavy atom. The Hall–Kier alpha value is -0.830. The maximum Gasteiger partial charge on any atom is 0.309 e. The van der Waals surface area contributed by atoms with Gasteiger partial charge in [0.25, 0.3) is 0 Å².